The summed E-state index contributed by atoms with van der Waals surface area (Å²) in [6.07, 6.45) is 11.1. The van der Waals surface area contributed by atoms with Gasteiger partial charge < -0.3 is 4.90 Å². The lowest BCUT2D eigenvalue weighted by molar-refractivity contribution is 0.603. The fourth-order valence-electron chi connectivity index (χ4n) is 2.48. The first kappa shape index (κ1) is 15.5. The minimum absolute atomic E-state index is 0.214. The average Bonchev–Trinajstić information content (AvgIpc) is 2.86. The van der Waals surface area contributed by atoms with Crippen molar-refractivity contribution < 1.29 is 4.39 Å². The van der Waals surface area contributed by atoms with E-state index in [1.54, 1.807) is 6.08 Å². The molecule has 0 radical (unpaired) electrons. The van der Waals surface area contributed by atoms with Crippen LogP contribution >= 0.6 is 0 Å². The summed E-state index contributed by atoms with van der Waals surface area (Å²) in [6, 6.07) is 0. The van der Waals surface area contributed by atoms with E-state index >= 15 is 0 Å². The summed E-state index contributed by atoms with van der Waals surface area (Å²) in [6.45, 7) is 3.36. The lowest BCUT2D eigenvalue weighted by Gasteiger charge is -2.20. The second-order valence-electron chi connectivity index (χ2n) is 5.50. The van der Waals surface area contributed by atoms with E-state index in [1.807, 2.05) is 30.5 Å². The van der Waals surface area contributed by atoms with Gasteiger partial charge in [0.25, 0.3) is 0 Å². The van der Waals surface area contributed by atoms with Gasteiger partial charge in [0.1, 0.15) is 5.82 Å². The zero-order valence-electron chi connectivity index (χ0n) is 13.2. The second-order valence-corrected chi connectivity index (χ2v) is 5.50. The molecule has 1 aliphatic rings. The molecule has 0 bridgehead atoms. The fraction of sp³-hybridized carbons (Fsp3) is 0.500. The van der Waals surface area contributed by atoms with E-state index in [0.717, 1.165) is 30.3 Å². The largest absolute Gasteiger partial charge is 0.318 e. The van der Waals surface area contributed by atoms with Gasteiger partial charge in [-0.3, -0.25) is 4.57 Å². The molecule has 21 heavy (non-hydrogen) atoms. The Morgan fingerprint density at radius 3 is 2.76 bits per heavy atom. The first-order valence-corrected chi connectivity index (χ1v) is 7.31. The molecular weight excluding hydrogens is 267 g/mol. The summed E-state index contributed by atoms with van der Waals surface area (Å²) in [5.74, 6) is 1.88. The van der Waals surface area contributed by atoms with E-state index in [1.165, 1.54) is 19.4 Å². The highest BCUT2D eigenvalue weighted by Crippen LogP contribution is 2.28. The molecule has 0 saturated heterocycles. The highest BCUT2D eigenvalue weighted by molar-refractivity contribution is 5.40. The van der Waals surface area contributed by atoms with Crippen LogP contribution in [0.25, 0.3) is 0 Å². The standard InChI is InChI=1S/C16H23FN4/c1-12(17)10-11-13(2)20(3)16-19-18-15(21(16)4)14-8-6-5-7-9-14/h6,8,10-11,14H,5,7,9H2,1-4H3/b12-10+,13-11+. The van der Waals surface area contributed by atoms with Crippen LogP contribution in [0, 0.1) is 0 Å². The van der Waals surface area contributed by atoms with E-state index in [2.05, 4.69) is 22.3 Å². The van der Waals surface area contributed by atoms with Crippen molar-refractivity contribution in [1.82, 2.24) is 14.8 Å². The zero-order chi connectivity index (χ0) is 15.4. The maximum atomic E-state index is 12.8. The normalized spacial score (nSPS) is 20.0. The quantitative estimate of drug-likeness (QED) is 0.624. The Morgan fingerprint density at radius 1 is 1.38 bits per heavy atom. The van der Waals surface area contributed by atoms with Crippen molar-refractivity contribution in [2.24, 2.45) is 7.05 Å². The number of hydrogen-bond acceptors (Lipinski definition) is 3. The molecule has 1 heterocycles. The van der Waals surface area contributed by atoms with E-state index in [0.29, 0.717) is 5.92 Å². The van der Waals surface area contributed by atoms with Gasteiger partial charge in [-0.2, -0.15) is 0 Å². The van der Waals surface area contributed by atoms with Gasteiger partial charge in [0.05, 0.1) is 5.83 Å². The molecule has 0 N–H and O–H groups in total. The van der Waals surface area contributed by atoms with E-state index in [4.69, 9.17) is 0 Å². The van der Waals surface area contributed by atoms with Gasteiger partial charge in [0.15, 0.2) is 0 Å². The molecule has 0 aromatic carbocycles. The zero-order valence-corrected chi connectivity index (χ0v) is 13.2. The van der Waals surface area contributed by atoms with Crippen LogP contribution in [0.2, 0.25) is 0 Å². The SMILES string of the molecule is C/C(F)=C\C=C(/C)N(C)c1nnc(C2C=CCCC2)n1C. The van der Waals surface area contributed by atoms with Crippen LogP contribution < -0.4 is 4.90 Å². The first-order chi connectivity index (χ1) is 10.0. The van der Waals surface area contributed by atoms with Gasteiger partial charge >= 0.3 is 0 Å². The van der Waals surface area contributed by atoms with Crippen molar-refractivity contribution in [3.63, 3.8) is 0 Å². The summed E-state index contributed by atoms with van der Waals surface area (Å²) < 4.78 is 14.8. The lowest BCUT2D eigenvalue weighted by atomic mass is 9.95. The van der Waals surface area contributed by atoms with Crippen LogP contribution in [0.5, 0.6) is 0 Å². The van der Waals surface area contributed by atoms with Crippen molar-refractivity contribution in [3.05, 3.63) is 41.7 Å². The molecule has 1 unspecified atom stereocenters. The maximum Gasteiger partial charge on any atom is 0.230 e. The van der Waals surface area contributed by atoms with Gasteiger partial charge in [0.2, 0.25) is 5.95 Å². The minimum Gasteiger partial charge on any atom is -0.318 e. The van der Waals surface area contributed by atoms with Gasteiger partial charge in [-0.05, 0) is 45.3 Å². The molecule has 1 aliphatic carbocycles. The Labute approximate surface area is 125 Å². The molecule has 114 valence electrons. The van der Waals surface area contributed by atoms with E-state index in [9.17, 15) is 4.39 Å². The molecule has 0 amide bonds. The number of nitrogens with zero attached hydrogens (tertiary/aromatic N) is 4. The third-order valence-corrected chi connectivity index (χ3v) is 3.85. The molecule has 2 rings (SSSR count). The highest BCUT2D eigenvalue weighted by Gasteiger charge is 2.20. The smallest absolute Gasteiger partial charge is 0.230 e. The Balaban J connectivity index is 2.23. The summed E-state index contributed by atoms with van der Waals surface area (Å²) >= 11 is 0. The van der Waals surface area contributed by atoms with Gasteiger partial charge in [-0.1, -0.05) is 12.2 Å². The molecule has 1 aromatic rings. The van der Waals surface area contributed by atoms with E-state index < -0.39 is 0 Å². The third kappa shape index (κ3) is 3.60. The number of hydrogen-bond donors (Lipinski definition) is 0. The Bertz CT molecular complexity index is 579. The monoisotopic (exact) mass is 290 g/mol. The van der Waals surface area contributed by atoms with Crippen LogP contribution in [-0.2, 0) is 7.05 Å². The Hall–Kier alpha value is -1.91. The number of allylic oxidation sites excluding steroid dienone is 6. The van der Waals surface area contributed by atoms with Crippen molar-refractivity contribution in [2.45, 2.75) is 39.0 Å². The maximum absolute atomic E-state index is 12.8. The molecule has 0 aliphatic heterocycles. The molecule has 4 nitrogen and oxygen atoms in total. The van der Waals surface area contributed by atoms with Crippen LogP contribution in [0.15, 0.2) is 35.8 Å². The summed E-state index contributed by atoms with van der Waals surface area (Å²) in [5.41, 5.74) is 0.910. The summed E-state index contributed by atoms with van der Waals surface area (Å²) in [4.78, 5) is 1.92. The number of rotatable bonds is 4. The molecule has 0 spiro atoms. The second kappa shape index (κ2) is 6.70. The molecule has 1 atom stereocenters. The predicted molar refractivity (Wildman–Crippen MR) is 83.8 cm³/mol. The minimum atomic E-state index is -0.214. The fourth-order valence-corrected chi connectivity index (χ4v) is 2.48. The summed E-state index contributed by atoms with van der Waals surface area (Å²) in [5, 5.41) is 8.63. The van der Waals surface area contributed by atoms with Crippen molar-refractivity contribution in [1.29, 1.82) is 0 Å². The topological polar surface area (TPSA) is 34.0 Å². The summed E-state index contributed by atoms with van der Waals surface area (Å²) in [7, 11) is 3.89. The molecule has 5 heteroatoms. The Morgan fingerprint density at radius 2 is 2.14 bits per heavy atom. The van der Waals surface area contributed by atoms with Crippen molar-refractivity contribution in [3.8, 4) is 0 Å². The lowest BCUT2D eigenvalue weighted by Crippen LogP contribution is -2.19. The average molecular weight is 290 g/mol. The van der Waals surface area contributed by atoms with Crippen molar-refractivity contribution >= 4 is 5.95 Å². The van der Waals surface area contributed by atoms with Crippen LogP contribution in [0.1, 0.15) is 44.9 Å². The van der Waals surface area contributed by atoms with E-state index in [-0.39, 0.29) is 5.83 Å². The van der Waals surface area contributed by atoms with Gasteiger partial charge in [-0.25, -0.2) is 4.39 Å². The highest BCUT2D eigenvalue weighted by atomic mass is 19.1. The molecular formula is C16H23FN4. The molecule has 0 saturated carbocycles. The molecule has 0 fully saturated rings. The van der Waals surface area contributed by atoms with Crippen LogP contribution in [0.3, 0.4) is 0 Å². The van der Waals surface area contributed by atoms with Crippen molar-refractivity contribution in [2.75, 3.05) is 11.9 Å². The number of halogens is 1. The van der Waals surface area contributed by atoms with Crippen LogP contribution in [0.4, 0.5) is 10.3 Å². The van der Waals surface area contributed by atoms with Gasteiger partial charge in [-0.15, -0.1) is 10.2 Å². The molecule has 1 aromatic heterocycles. The number of anilines is 1. The van der Waals surface area contributed by atoms with Gasteiger partial charge in [0, 0.05) is 25.7 Å². The number of aromatic nitrogens is 3. The van der Waals surface area contributed by atoms with Crippen LogP contribution in [-0.4, -0.2) is 21.8 Å². The predicted octanol–water partition coefficient (Wildman–Crippen LogP) is 3.85. The first-order valence-electron chi connectivity index (χ1n) is 7.31. The third-order valence-electron chi connectivity index (χ3n) is 3.85. The Kier molecular flexibility index (Phi) is 4.94.